The summed E-state index contributed by atoms with van der Waals surface area (Å²) < 4.78 is 27.6. The van der Waals surface area contributed by atoms with Gasteiger partial charge < -0.3 is 5.32 Å². The summed E-state index contributed by atoms with van der Waals surface area (Å²) in [5.41, 5.74) is 2.17. The standard InChI is InChI=1S/C26H22ClN3O3S/c1-30(22-13-8-12-21(27)18-22)34(32,33)23-14-7-11-20(17-23)26(31)29-25(19-9-3-2-4-10-19)24-15-5-6-16-28-24/h2-18,25H,1H3,(H,29,31). The van der Waals surface area contributed by atoms with Crippen molar-refractivity contribution in [3.63, 3.8) is 0 Å². The lowest BCUT2D eigenvalue weighted by Crippen LogP contribution is -2.30. The smallest absolute Gasteiger partial charge is 0.264 e. The molecule has 3 aromatic carbocycles. The van der Waals surface area contributed by atoms with Crippen molar-refractivity contribution in [2.45, 2.75) is 10.9 Å². The SMILES string of the molecule is CN(c1cccc(Cl)c1)S(=O)(=O)c1cccc(C(=O)NC(c2ccccc2)c2ccccn2)c1. The van der Waals surface area contributed by atoms with E-state index in [1.807, 2.05) is 42.5 Å². The van der Waals surface area contributed by atoms with Crippen molar-refractivity contribution in [2.75, 3.05) is 11.4 Å². The number of nitrogens with zero attached hydrogens (tertiary/aromatic N) is 2. The van der Waals surface area contributed by atoms with Crippen LogP contribution in [0.1, 0.15) is 27.7 Å². The molecule has 0 saturated carbocycles. The predicted octanol–water partition coefficient (Wildman–Crippen LogP) is 5.08. The molecule has 4 rings (SSSR count). The van der Waals surface area contributed by atoms with Crippen molar-refractivity contribution < 1.29 is 13.2 Å². The summed E-state index contributed by atoms with van der Waals surface area (Å²) >= 11 is 6.02. The highest BCUT2D eigenvalue weighted by Crippen LogP contribution is 2.26. The second-order valence-corrected chi connectivity index (χ2v) is 9.96. The molecule has 34 heavy (non-hydrogen) atoms. The molecule has 1 heterocycles. The molecule has 8 heteroatoms. The van der Waals surface area contributed by atoms with E-state index >= 15 is 0 Å². The Hall–Kier alpha value is -3.68. The van der Waals surface area contributed by atoms with Crippen LogP contribution in [0.3, 0.4) is 0 Å². The molecular weight excluding hydrogens is 470 g/mol. The zero-order chi connectivity index (χ0) is 24.1. The van der Waals surface area contributed by atoms with Gasteiger partial charge in [0.2, 0.25) is 0 Å². The first-order chi connectivity index (χ1) is 16.4. The van der Waals surface area contributed by atoms with E-state index in [4.69, 9.17) is 11.6 Å². The molecular formula is C26H22ClN3O3S. The van der Waals surface area contributed by atoms with Crippen LogP contribution in [0.2, 0.25) is 5.02 Å². The number of nitrogens with one attached hydrogen (secondary N) is 1. The Morgan fingerprint density at radius 1 is 0.912 bits per heavy atom. The molecule has 0 spiro atoms. The summed E-state index contributed by atoms with van der Waals surface area (Å²) in [6.45, 7) is 0. The van der Waals surface area contributed by atoms with E-state index in [-0.39, 0.29) is 10.5 Å². The van der Waals surface area contributed by atoms with E-state index in [0.29, 0.717) is 16.4 Å². The maximum Gasteiger partial charge on any atom is 0.264 e. The molecule has 0 aliphatic carbocycles. The lowest BCUT2D eigenvalue weighted by Gasteiger charge is -2.21. The highest BCUT2D eigenvalue weighted by atomic mass is 35.5. The van der Waals surface area contributed by atoms with Crippen LogP contribution in [-0.4, -0.2) is 26.4 Å². The molecule has 1 atom stereocenters. The van der Waals surface area contributed by atoms with Crippen LogP contribution in [0.4, 0.5) is 5.69 Å². The molecule has 0 aliphatic heterocycles. The maximum atomic E-state index is 13.2. The normalized spacial score (nSPS) is 12.1. The Morgan fingerprint density at radius 2 is 1.65 bits per heavy atom. The number of amides is 1. The van der Waals surface area contributed by atoms with Crippen molar-refractivity contribution in [1.82, 2.24) is 10.3 Å². The third kappa shape index (κ3) is 5.11. The van der Waals surface area contributed by atoms with Crippen LogP contribution in [0, 0.1) is 0 Å². The van der Waals surface area contributed by atoms with Crippen LogP contribution >= 0.6 is 11.6 Å². The first kappa shape index (κ1) is 23.5. The second kappa shape index (κ2) is 10.1. The number of halogens is 1. The number of benzene rings is 3. The zero-order valence-electron chi connectivity index (χ0n) is 18.3. The second-order valence-electron chi connectivity index (χ2n) is 7.55. The first-order valence-electron chi connectivity index (χ1n) is 10.5. The molecule has 0 bridgehead atoms. The van der Waals surface area contributed by atoms with Gasteiger partial charge in [-0.05, 0) is 54.1 Å². The number of hydrogen-bond donors (Lipinski definition) is 1. The minimum absolute atomic E-state index is 0.00303. The molecule has 6 nitrogen and oxygen atoms in total. The Morgan fingerprint density at radius 3 is 2.35 bits per heavy atom. The van der Waals surface area contributed by atoms with Crippen LogP contribution < -0.4 is 9.62 Å². The van der Waals surface area contributed by atoms with E-state index < -0.39 is 22.0 Å². The highest BCUT2D eigenvalue weighted by Gasteiger charge is 2.24. The third-order valence-corrected chi connectivity index (χ3v) is 7.33. The van der Waals surface area contributed by atoms with Gasteiger partial charge >= 0.3 is 0 Å². The van der Waals surface area contributed by atoms with E-state index in [2.05, 4.69) is 10.3 Å². The molecule has 0 saturated heterocycles. The number of rotatable bonds is 7. The summed E-state index contributed by atoms with van der Waals surface area (Å²) in [6.07, 6.45) is 1.66. The molecule has 1 N–H and O–H groups in total. The molecule has 0 fully saturated rings. The number of carbonyl (C=O) groups is 1. The lowest BCUT2D eigenvalue weighted by atomic mass is 10.0. The number of aromatic nitrogens is 1. The Bertz CT molecular complexity index is 1360. The van der Waals surface area contributed by atoms with Crippen molar-refractivity contribution in [3.8, 4) is 0 Å². The van der Waals surface area contributed by atoms with E-state index in [0.717, 1.165) is 9.87 Å². The third-order valence-electron chi connectivity index (χ3n) is 5.32. The molecule has 172 valence electrons. The highest BCUT2D eigenvalue weighted by molar-refractivity contribution is 7.92. The number of anilines is 1. The molecule has 0 aliphatic rings. The Kier molecular flexibility index (Phi) is 6.95. The van der Waals surface area contributed by atoms with E-state index in [1.54, 1.807) is 48.7 Å². The van der Waals surface area contributed by atoms with Gasteiger partial charge in [0, 0.05) is 23.8 Å². The zero-order valence-corrected chi connectivity index (χ0v) is 19.9. The van der Waals surface area contributed by atoms with Crippen molar-refractivity contribution in [1.29, 1.82) is 0 Å². The molecule has 4 aromatic rings. The van der Waals surface area contributed by atoms with Gasteiger partial charge in [-0.2, -0.15) is 0 Å². The van der Waals surface area contributed by atoms with Crippen LogP contribution in [0.25, 0.3) is 0 Å². The largest absolute Gasteiger partial charge is 0.340 e. The quantitative estimate of drug-likeness (QED) is 0.391. The van der Waals surface area contributed by atoms with Crippen LogP contribution in [-0.2, 0) is 10.0 Å². The number of sulfonamides is 1. The molecule has 0 radical (unpaired) electrons. The van der Waals surface area contributed by atoms with Gasteiger partial charge in [0.15, 0.2) is 0 Å². The maximum absolute atomic E-state index is 13.2. The Labute approximate surface area is 203 Å². The van der Waals surface area contributed by atoms with E-state index in [1.165, 1.54) is 19.2 Å². The number of pyridine rings is 1. The van der Waals surface area contributed by atoms with Gasteiger partial charge in [0.25, 0.3) is 15.9 Å². The van der Waals surface area contributed by atoms with Crippen molar-refractivity contribution >= 4 is 33.2 Å². The van der Waals surface area contributed by atoms with Gasteiger partial charge in [-0.15, -0.1) is 0 Å². The van der Waals surface area contributed by atoms with E-state index in [9.17, 15) is 13.2 Å². The van der Waals surface area contributed by atoms with Crippen LogP contribution in [0.15, 0.2) is 108 Å². The molecule has 1 aromatic heterocycles. The fourth-order valence-corrected chi connectivity index (χ4v) is 4.92. The minimum atomic E-state index is -3.92. The first-order valence-corrected chi connectivity index (χ1v) is 12.3. The lowest BCUT2D eigenvalue weighted by molar-refractivity contribution is 0.0942. The fourth-order valence-electron chi connectivity index (χ4n) is 3.50. The Balaban J connectivity index is 1.63. The number of carbonyl (C=O) groups excluding carboxylic acids is 1. The topological polar surface area (TPSA) is 79.4 Å². The summed E-state index contributed by atoms with van der Waals surface area (Å²) in [7, 11) is -2.47. The minimum Gasteiger partial charge on any atom is -0.340 e. The predicted molar refractivity (Wildman–Crippen MR) is 133 cm³/mol. The average Bonchev–Trinajstić information content (AvgIpc) is 2.87. The summed E-state index contributed by atoms with van der Waals surface area (Å²) in [5, 5.41) is 3.41. The van der Waals surface area contributed by atoms with Crippen molar-refractivity contribution in [2.24, 2.45) is 0 Å². The van der Waals surface area contributed by atoms with Gasteiger partial charge in [-0.1, -0.05) is 60.1 Å². The van der Waals surface area contributed by atoms with Gasteiger partial charge in [-0.3, -0.25) is 14.1 Å². The van der Waals surface area contributed by atoms with Crippen molar-refractivity contribution in [3.05, 3.63) is 125 Å². The van der Waals surface area contributed by atoms with Gasteiger partial charge in [-0.25, -0.2) is 8.42 Å². The monoisotopic (exact) mass is 491 g/mol. The summed E-state index contributed by atoms with van der Waals surface area (Å²) in [4.78, 5) is 17.6. The number of hydrogen-bond acceptors (Lipinski definition) is 4. The average molecular weight is 492 g/mol. The van der Waals surface area contributed by atoms with Crippen LogP contribution in [0.5, 0.6) is 0 Å². The molecule has 1 unspecified atom stereocenters. The summed E-state index contributed by atoms with van der Waals surface area (Å²) in [6, 6.07) is 27.0. The summed E-state index contributed by atoms with van der Waals surface area (Å²) in [5.74, 6) is -0.415. The fraction of sp³-hybridized carbons (Fsp3) is 0.0769. The molecule has 1 amide bonds. The van der Waals surface area contributed by atoms with Gasteiger partial charge in [0.05, 0.1) is 22.3 Å². The van der Waals surface area contributed by atoms with Gasteiger partial charge in [0.1, 0.15) is 0 Å².